The predicted molar refractivity (Wildman–Crippen MR) is 74.8 cm³/mol. The molecular weight excluding hydrogens is 256 g/mol. The van der Waals surface area contributed by atoms with Crippen LogP contribution in [0.15, 0.2) is 6.33 Å². The number of carbonyl (C=O) groups is 1. The average molecular weight is 278 g/mol. The molecule has 110 valence electrons. The number of nitrogens with two attached hydrogens (primary N) is 1. The molecule has 0 bridgehead atoms. The Morgan fingerprint density at radius 3 is 2.80 bits per heavy atom. The van der Waals surface area contributed by atoms with E-state index >= 15 is 0 Å². The van der Waals surface area contributed by atoms with E-state index in [0.29, 0.717) is 6.04 Å². The number of likely N-dealkylation sites (tertiary alicyclic amines) is 2. The monoisotopic (exact) mass is 278 g/mol. The lowest BCUT2D eigenvalue weighted by Crippen LogP contribution is -2.49. The normalized spacial score (nSPS) is 24.2. The van der Waals surface area contributed by atoms with Gasteiger partial charge in [0.2, 0.25) is 11.9 Å². The number of rotatable bonds is 3. The molecule has 7 nitrogen and oxygen atoms in total. The molecular formula is C13H22N6O. The van der Waals surface area contributed by atoms with E-state index in [1.165, 1.54) is 43.4 Å². The molecule has 2 aliphatic heterocycles. The zero-order valence-corrected chi connectivity index (χ0v) is 11.7. The van der Waals surface area contributed by atoms with Gasteiger partial charge in [0.15, 0.2) is 0 Å². The summed E-state index contributed by atoms with van der Waals surface area (Å²) in [7, 11) is 0. The van der Waals surface area contributed by atoms with E-state index in [2.05, 4.69) is 15.0 Å². The number of aromatic nitrogens is 3. The second-order valence-corrected chi connectivity index (χ2v) is 5.68. The van der Waals surface area contributed by atoms with Crippen LogP contribution in [0.4, 0.5) is 5.95 Å². The van der Waals surface area contributed by atoms with Crippen LogP contribution < -0.4 is 5.73 Å². The third-order valence-electron chi connectivity index (χ3n) is 4.26. The van der Waals surface area contributed by atoms with E-state index in [0.717, 1.165) is 19.5 Å². The number of piperidine rings is 1. The Morgan fingerprint density at radius 1 is 1.30 bits per heavy atom. The van der Waals surface area contributed by atoms with Gasteiger partial charge in [-0.1, -0.05) is 0 Å². The molecule has 1 aromatic heterocycles. The molecule has 2 N–H and O–H groups in total. The Balaban J connectivity index is 1.57. The first-order valence-corrected chi connectivity index (χ1v) is 7.39. The summed E-state index contributed by atoms with van der Waals surface area (Å²) in [6, 6.07) is 0.538. The smallest absolute Gasteiger partial charge is 0.244 e. The van der Waals surface area contributed by atoms with Crippen molar-refractivity contribution in [3.63, 3.8) is 0 Å². The van der Waals surface area contributed by atoms with Crippen molar-refractivity contribution in [1.29, 1.82) is 0 Å². The molecule has 20 heavy (non-hydrogen) atoms. The zero-order chi connectivity index (χ0) is 13.9. The third-order valence-corrected chi connectivity index (χ3v) is 4.26. The molecule has 7 heteroatoms. The third kappa shape index (κ3) is 2.92. The topological polar surface area (TPSA) is 80.3 Å². The van der Waals surface area contributed by atoms with Gasteiger partial charge in [-0.25, -0.2) is 9.67 Å². The first kappa shape index (κ1) is 13.4. The van der Waals surface area contributed by atoms with Gasteiger partial charge in [-0.3, -0.25) is 9.69 Å². The molecule has 0 saturated carbocycles. The highest BCUT2D eigenvalue weighted by molar-refractivity contribution is 5.76. The van der Waals surface area contributed by atoms with Crippen LogP contribution in [0.2, 0.25) is 0 Å². The van der Waals surface area contributed by atoms with Crippen LogP contribution in [-0.2, 0) is 11.3 Å². The minimum atomic E-state index is 0.110. The summed E-state index contributed by atoms with van der Waals surface area (Å²) in [6.45, 7) is 4.31. The van der Waals surface area contributed by atoms with Gasteiger partial charge >= 0.3 is 0 Å². The summed E-state index contributed by atoms with van der Waals surface area (Å²) in [6.07, 6.45) is 6.40. The Bertz CT molecular complexity index is 467. The van der Waals surface area contributed by atoms with Gasteiger partial charge in [-0.15, -0.1) is 5.10 Å². The molecule has 2 aliphatic rings. The number of nitrogen functional groups attached to an aromatic ring is 1. The van der Waals surface area contributed by atoms with E-state index < -0.39 is 0 Å². The van der Waals surface area contributed by atoms with E-state index in [4.69, 9.17) is 5.73 Å². The van der Waals surface area contributed by atoms with Gasteiger partial charge in [0.05, 0.1) is 0 Å². The molecule has 1 atom stereocenters. The van der Waals surface area contributed by atoms with E-state index in [9.17, 15) is 4.79 Å². The van der Waals surface area contributed by atoms with Crippen molar-refractivity contribution in [2.24, 2.45) is 0 Å². The van der Waals surface area contributed by atoms with Crippen LogP contribution in [0.25, 0.3) is 0 Å². The molecule has 0 spiro atoms. The maximum atomic E-state index is 12.3. The Kier molecular flexibility index (Phi) is 3.86. The van der Waals surface area contributed by atoms with Gasteiger partial charge < -0.3 is 10.6 Å². The minimum absolute atomic E-state index is 0.110. The molecule has 1 unspecified atom stereocenters. The fourth-order valence-corrected chi connectivity index (χ4v) is 3.21. The van der Waals surface area contributed by atoms with Crippen LogP contribution in [-0.4, -0.2) is 62.7 Å². The molecule has 0 radical (unpaired) electrons. The van der Waals surface area contributed by atoms with Gasteiger partial charge in [0.1, 0.15) is 12.9 Å². The SMILES string of the molecule is Nc1ncn(CC(=O)N2CCCC(N3CCCC3)C2)n1. The summed E-state index contributed by atoms with van der Waals surface area (Å²) in [5, 5.41) is 3.97. The second-order valence-electron chi connectivity index (χ2n) is 5.68. The van der Waals surface area contributed by atoms with Crippen molar-refractivity contribution in [3.05, 3.63) is 6.33 Å². The number of hydrogen-bond acceptors (Lipinski definition) is 5. The lowest BCUT2D eigenvalue weighted by molar-refractivity contribution is -0.134. The molecule has 1 aromatic rings. The summed E-state index contributed by atoms with van der Waals surface area (Å²) in [5.41, 5.74) is 5.46. The minimum Gasteiger partial charge on any atom is -0.367 e. The maximum Gasteiger partial charge on any atom is 0.244 e. The number of amides is 1. The standard InChI is InChI=1S/C13H22N6O/c14-13-15-10-19(16-13)9-12(20)18-7-3-4-11(8-18)17-5-1-2-6-17/h10-11H,1-9H2,(H2,14,16). The lowest BCUT2D eigenvalue weighted by atomic mass is 10.0. The molecule has 2 saturated heterocycles. The number of hydrogen-bond donors (Lipinski definition) is 1. The number of anilines is 1. The first-order chi connectivity index (χ1) is 9.72. The van der Waals surface area contributed by atoms with Crippen LogP contribution in [0.5, 0.6) is 0 Å². The zero-order valence-electron chi connectivity index (χ0n) is 11.7. The van der Waals surface area contributed by atoms with Crippen molar-refractivity contribution in [3.8, 4) is 0 Å². The van der Waals surface area contributed by atoms with Gasteiger partial charge in [0, 0.05) is 19.1 Å². The summed E-state index contributed by atoms with van der Waals surface area (Å²) >= 11 is 0. The number of carbonyl (C=O) groups excluding carboxylic acids is 1. The summed E-state index contributed by atoms with van der Waals surface area (Å²) in [4.78, 5) is 20.7. The van der Waals surface area contributed by atoms with Crippen molar-refractivity contribution >= 4 is 11.9 Å². The highest BCUT2D eigenvalue weighted by Crippen LogP contribution is 2.20. The van der Waals surface area contributed by atoms with Crippen molar-refractivity contribution in [2.45, 2.75) is 38.3 Å². The van der Waals surface area contributed by atoms with Crippen LogP contribution >= 0.6 is 0 Å². The van der Waals surface area contributed by atoms with E-state index in [-0.39, 0.29) is 18.4 Å². The Hall–Kier alpha value is -1.63. The molecule has 1 amide bonds. The molecule has 0 aromatic carbocycles. The predicted octanol–water partition coefficient (Wildman–Crippen LogP) is -0.0529. The quantitative estimate of drug-likeness (QED) is 0.838. The van der Waals surface area contributed by atoms with Crippen molar-refractivity contribution in [1.82, 2.24) is 24.6 Å². The highest BCUT2D eigenvalue weighted by atomic mass is 16.2. The highest BCUT2D eigenvalue weighted by Gasteiger charge is 2.29. The van der Waals surface area contributed by atoms with Crippen molar-refractivity contribution < 1.29 is 4.79 Å². The summed E-state index contributed by atoms with van der Waals surface area (Å²) < 4.78 is 1.51. The average Bonchev–Trinajstić information content (AvgIpc) is 3.11. The Labute approximate surface area is 118 Å². The summed E-state index contributed by atoms with van der Waals surface area (Å²) in [5.74, 6) is 0.324. The van der Waals surface area contributed by atoms with Gasteiger partial charge in [-0.2, -0.15) is 0 Å². The van der Waals surface area contributed by atoms with Crippen LogP contribution in [0.1, 0.15) is 25.7 Å². The molecule has 0 aliphatic carbocycles. The number of nitrogens with zero attached hydrogens (tertiary/aromatic N) is 5. The van der Waals surface area contributed by atoms with E-state index in [1.54, 1.807) is 0 Å². The van der Waals surface area contributed by atoms with Gasteiger partial charge in [-0.05, 0) is 38.8 Å². The molecule has 2 fully saturated rings. The molecule has 3 rings (SSSR count). The van der Waals surface area contributed by atoms with Gasteiger partial charge in [0.25, 0.3) is 0 Å². The van der Waals surface area contributed by atoms with E-state index in [1.807, 2.05) is 4.90 Å². The largest absolute Gasteiger partial charge is 0.367 e. The van der Waals surface area contributed by atoms with Crippen LogP contribution in [0, 0.1) is 0 Å². The van der Waals surface area contributed by atoms with Crippen molar-refractivity contribution in [2.75, 3.05) is 31.9 Å². The fraction of sp³-hybridized carbons (Fsp3) is 0.769. The lowest BCUT2D eigenvalue weighted by Gasteiger charge is -2.37. The second kappa shape index (κ2) is 5.78. The fourth-order valence-electron chi connectivity index (χ4n) is 3.21. The Morgan fingerprint density at radius 2 is 2.10 bits per heavy atom. The molecule has 3 heterocycles. The maximum absolute atomic E-state index is 12.3. The first-order valence-electron chi connectivity index (χ1n) is 7.39. The van der Waals surface area contributed by atoms with Crippen LogP contribution in [0.3, 0.4) is 0 Å².